The van der Waals surface area contributed by atoms with Crippen LogP contribution in [0.1, 0.15) is 24.6 Å². The molecule has 0 amide bonds. The standard InChI is InChI=1S/C12H15N7/c1-8(12-15-17-18-16-12)13-7-11-14-9-5-3-4-6-10(9)19(11)2/h3-6,8,13H,7H2,1-2H3,(H,15,16,17,18). The zero-order valence-corrected chi connectivity index (χ0v) is 10.8. The first-order valence-electron chi connectivity index (χ1n) is 6.13. The highest BCUT2D eigenvalue weighted by Gasteiger charge is 2.12. The molecule has 0 saturated heterocycles. The van der Waals surface area contributed by atoms with E-state index in [1.807, 2.05) is 32.2 Å². The lowest BCUT2D eigenvalue weighted by atomic mass is 10.3. The number of H-pyrrole nitrogens is 1. The van der Waals surface area contributed by atoms with Gasteiger partial charge in [-0.2, -0.15) is 5.21 Å². The molecule has 0 radical (unpaired) electrons. The fourth-order valence-corrected chi connectivity index (χ4v) is 2.04. The van der Waals surface area contributed by atoms with Gasteiger partial charge in [-0.1, -0.05) is 17.3 Å². The van der Waals surface area contributed by atoms with Crippen LogP contribution in [0.25, 0.3) is 11.0 Å². The molecule has 0 fully saturated rings. The summed E-state index contributed by atoms with van der Waals surface area (Å²) in [5, 5.41) is 17.3. The number of aryl methyl sites for hydroxylation is 1. The minimum absolute atomic E-state index is 0.0264. The van der Waals surface area contributed by atoms with Crippen molar-refractivity contribution in [2.24, 2.45) is 7.05 Å². The number of hydrogen-bond acceptors (Lipinski definition) is 5. The molecule has 3 rings (SSSR count). The second-order valence-electron chi connectivity index (χ2n) is 4.45. The van der Waals surface area contributed by atoms with Crippen molar-refractivity contribution >= 4 is 11.0 Å². The second kappa shape index (κ2) is 4.77. The Balaban J connectivity index is 1.77. The Hall–Kier alpha value is -2.28. The molecule has 0 aliphatic rings. The molecule has 2 heterocycles. The summed E-state index contributed by atoms with van der Waals surface area (Å²) in [4.78, 5) is 4.60. The van der Waals surface area contributed by atoms with Crippen molar-refractivity contribution in [2.45, 2.75) is 19.5 Å². The highest BCUT2D eigenvalue weighted by atomic mass is 15.5. The van der Waals surface area contributed by atoms with Crippen molar-refractivity contribution in [2.75, 3.05) is 0 Å². The first-order chi connectivity index (χ1) is 9.25. The molecule has 3 aromatic rings. The SMILES string of the molecule is CC(NCc1nc2ccccc2n1C)c1nn[nH]n1. The Morgan fingerprint density at radius 1 is 1.37 bits per heavy atom. The van der Waals surface area contributed by atoms with Crippen LogP contribution in [-0.4, -0.2) is 30.2 Å². The number of hydrogen-bond donors (Lipinski definition) is 2. The summed E-state index contributed by atoms with van der Waals surface area (Å²) in [6, 6.07) is 8.12. The van der Waals surface area contributed by atoms with Crippen LogP contribution in [0.5, 0.6) is 0 Å². The molecule has 98 valence electrons. The summed E-state index contributed by atoms with van der Waals surface area (Å²) in [6.07, 6.45) is 0. The monoisotopic (exact) mass is 257 g/mol. The molecule has 0 saturated carbocycles. The van der Waals surface area contributed by atoms with Gasteiger partial charge in [0.15, 0.2) is 5.82 Å². The van der Waals surface area contributed by atoms with E-state index in [-0.39, 0.29) is 6.04 Å². The van der Waals surface area contributed by atoms with Crippen molar-refractivity contribution in [3.63, 3.8) is 0 Å². The number of benzene rings is 1. The molecule has 1 aromatic carbocycles. The van der Waals surface area contributed by atoms with Gasteiger partial charge in [-0.05, 0) is 19.1 Å². The Morgan fingerprint density at radius 2 is 2.21 bits per heavy atom. The average molecular weight is 257 g/mol. The van der Waals surface area contributed by atoms with Gasteiger partial charge in [-0.3, -0.25) is 0 Å². The maximum atomic E-state index is 4.60. The van der Waals surface area contributed by atoms with Crippen LogP contribution < -0.4 is 5.32 Å². The van der Waals surface area contributed by atoms with Crippen LogP contribution in [0.4, 0.5) is 0 Å². The summed E-state index contributed by atoms with van der Waals surface area (Å²) in [5.41, 5.74) is 2.14. The van der Waals surface area contributed by atoms with Gasteiger partial charge in [0.2, 0.25) is 0 Å². The van der Waals surface area contributed by atoms with Crippen LogP contribution in [0.3, 0.4) is 0 Å². The van der Waals surface area contributed by atoms with E-state index in [1.165, 1.54) is 0 Å². The molecule has 7 nitrogen and oxygen atoms in total. The van der Waals surface area contributed by atoms with Gasteiger partial charge in [-0.25, -0.2) is 4.98 Å². The minimum Gasteiger partial charge on any atom is -0.330 e. The number of nitrogens with one attached hydrogen (secondary N) is 2. The van der Waals surface area contributed by atoms with Crippen molar-refractivity contribution < 1.29 is 0 Å². The van der Waals surface area contributed by atoms with Gasteiger partial charge in [-0.15, -0.1) is 10.2 Å². The van der Waals surface area contributed by atoms with Gasteiger partial charge in [0.1, 0.15) is 5.82 Å². The summed E-state index contributed by atoms with van der Waals surface area (Å²) < 4.78 is 2.09. The van der Waals surface area contributed by atoms with Crippen molar-refractivity contribution in [3.8, 4) is 0 Å². The molecule has 1 atom stereocenters. The van der Waals surface area contributed by atoms with Crippen LogP contribution >= 0.6 is 0 Å². The van der Waals surface area contributed by atoms with Gasteiger partial charge in [0.25, 0.3) is 0 Å². The normalized spacial score (nSPS) is 12.9. The molecule has 0 spiro atoms. The molecule has 2 N–H and O–H groups in total. The largest absolute Gasteiger partial charge is 0.330 e. The molecule has 0 aliphatic carbocycles. The molecule has 1 unspecified atom stereocenters. The number of imidazole rings is 1. The van der Waals surface area contributed by atoms with E-state index in [0.717, 1.165) is 16.9 Å². The first kappa shape index (κ1) is 11.8. The predicted molar refractivity (Wildman–Crippen MR) is 70.1 cm³/mol. The smallest absolute Gasteiger partial charge is 0.191 e. The fraction of sp³-hybridized carbons (Fsp3) is 0.333. The lowest BCUT2D eigenvalue weighted by Gasteiger charge is -2.09. The number of para-hydroxylation sites is 2. The predicted octanol–water partition coefficient (Wildman–Crippen LogP) is 0.937. The molecular formula is C12H15N7. The average Bonchev–Trinajstić information content (AvgIpc) is 3.05. The van der Waals surface area contributed by atoms with Crippen LogP contribution in [0, 0.1) is 0 Å². The molecular weight excluding hydrogens is 242 g/mol. The number of aromatic amines is 1. The summed E-state index contributed by atoms with van der Waals surface area (Å²) in [6.45, 7) is 2.65. The summed E-state index contributed by atoms with van der Waals surface area (Å²) >= 11 is 0. The quantitative estimate of drug-likeness (QED) is 0.726. The second-order valence-corrected chi connectivity index (χ2v) is 4.45. The Bertz CT molecular complexity index is 671. The number of aromatic nitrogens is 6. The first-order valence-corrected chi connectivity index (χ1v) is 6.13. The lowest BCUT2D eigenvalue weighted by molar-refractivity contribution is 0.528. The number of fused-ring (bicyclic) bond motifs is 1. The Labute approximate surface area is 110 Å². The molecule has 0 aliphatic heterocycles. The Morgan fingerprint density at radius 3 is 2.95 bits per heavy atom. The molecule has 19 heavy (non-hydrogen) atoms. The third-order valence-electron chi connectivity index (χ3n) is 3.20. The topological polar surface area (TPSA) is 84.3 Å². The van der Waals surface area contributed by atoms with Crippen molar-refractivity contribution in [1.82, 2.24) is 35.5 Å². The van der Waals surface area contributed by atoms with E-state index in [9.17, 15) is 0 Å². The summed E-state index contributed by atoms with van der Waals surface area (Å²) in [7, 11) is 2.02. The summed E-state index contributed by atoms with van der Waals surface area (Å²) in [5.74, 6) is 1.63. The van der Waals surface area contributed by atoms with Gasteiger partial charge < -0.3 is 9.88 Å². The van der Waals surface area contributed by atoms with E-state index >= 15 is 0 Å². The zero-order chi connectivity index (χ0) is 13.2. The van der Waals surface area contributed by atoms with Gasteiger partial charge in [0, 0.05) is 7.05 Å². The van der Waals surface area contributed by atoms with Crippen molar-refractivity contribution in [3.05, 3.63) is 35.9 Å². The van der Waals surface area contributed by atoms with E-state index in [1.54, 1.807) is 0 Å². The number of rotatable bonds is 4. The van der Waals surface area contributed by atoms with Gasteiger partial charge >= 0.3 is 0 Å². The third-order valence-corrected chi connectivity index (χ3v) is 3.20. The van der Waals surface area contributed by atoms with E-state index < -0.39 is 0 Å². The number of nitrogens with zero attached hydrogens (tertiary/aromatic N) is 5. The molecule has 0 bridgehead atoms. The third kappa shape index (κ3) is 2.19. The van der Waals surface area contributed by atoms with Gasteiger partial charge in [0.05, 0.1) is 23.6 Å². The molecule has 2 aromatic heterocycles. The highest BCUT2D eigenvalue weighted by molar-refractivity contribution is 5.75. The number of tetrazole rings is 1. The lowest BCUT2D eigenvalue weighted by Crippen LogP contribution is -2.21. The van der Waals surface area contributed by atoms with E-state index in [2.05, 4.69) is 41.6 Å². The molecule has 7 heteroatoms. The van der Waals surface area contributed by atoms with Crippen LogP contribution in [0.2, 0.25) is 0 Å². The highest BCUT2D eigenvalue weighted by Crippen LogP contribution is 2.14. The van der Waals surface area contributed by atoms with Crippen LogP contribution in [-0.2, 0) is 13.6 Å². The zero-order valence-electron chi connectivity index (χ0n) is 10.8. The van der Waals surface area contributed by atoms with E-state index in [0.29, 0.717) is 12.4 Å². The minimum atomic E-state index is 0.0264. The fourth-order valence-electron chi connectivity index (χ4n) is 2.04. The van der Waals surface area contributed by atoms with E-state index in [4.69, 9.17) is 0 Å². The van der Waals surface area contributed by atoms with Crippen molar-refractivity contribution in [1.29, 1.82) is 0 Å². The Kier molecular flexibility index (Phi) is 2.96. The maximum Gasteiger partial charge on any atom is 0.191 e. The van der Waals surface area contributed by atoms with Crippen LogP contribution in [0.15, 0.2) is 24.3 Å². The maximum absolute atomic E-state index is 4.60.